The van der Waals surface area contributed by atoms with Gasteiger partial charge in [0.1, 0.15) is 0 Å². The first kappa shape index (κ1) is 25.3. The van der Waals surface area contributed by atoms with Crippen LogP contribution in [0.5, 0.6) is 0 Å². The Morgan fingerprint density at radius 3 is 2.74 bits per heavy atom. The average molecular weight is 511 g/mol. The Morgan fingerprint density at radius 1 is 1.08 bits per heavy atom. The predicted molar refractivity (Wildman–Crippen MR) is 143 cm³/mol. The number of anilines is 1. The molecule has 0 aliphatic carbocycles. The number of benzene rings is 2. The Kier molecular flexibility index (Phi) is 7.84. The highest BCUT2D eigenvalue weighted by atomic mass is 16.5. The minimum absolute atomic E-state index is 0.104. The number of aryl methyl sites for hydroxylation is 1. The number of amides is 2. The lowest BCUT2D eigenvalue weighted by atomic mass is 9.96. The number of piperidine rings is 1. The van der Waals surface area contributed by atoms with Crippen LogP contribution in [0.4, 0.5) is 5.69 Å². The number of aromatic nitrogens is 3. The number of likely N-dealkylation sites (tertiary alicyclic amines) is 1. The first-order chi connectivity index (χ1) is 18.5. The number of carbonyl (C=O) groups excluding carboxylic acids is 2. The second-order valence-corrected chi connectivity index (χ2v) is 9.53. The van der Waals surface area contributed by atoms with Crippen molar-refractivity contribution in [2.24, 2.45) is 5.92 Å². The predicted octanol–water partition coefficient (Wildman–Crippen LogP) is 4.22. The Balaban J connectivity index is 1.18. The largest absolute Gasteiger partial charge is 0.348 e. The molecule has 4 aromatic rings. The first-order valence-corrected chi connectivity index (χ1v) is 12.7. The van der Waals surface area contributed by atoms with Crippen LogP contribution in [0.2, 0.25) is 0 Å². The van der Waals surface area contributed by atoms with Crippen LogP contribution in [0.3, 0.4) is 0 Å². The second kappa shape index (κ2) is 11.8. The number of hydrogen-bond donors (Lipinski definition) is 2. The summed E-state index contributed by atoms with van der Waals surface area (Å²) in [7, 11) is 0. The van der Waals surface area contributed by atoms with Crippen molar-refractivity contribution in [1.82, 2.24) is 25.3 Å². The zero-order valence-corrected chi connectivity index (χ0v) is 21.3. The van der Waals surface area contributed by atoms with Gasteiger partial charge in [0.25, 0.3) is 5.91 Å². The molecule has 1 unspecified atom stereocenters. The fourth-order valence-corrected chi connectivity index (χ4v) is 4.55. The van der Waals surface area contributed by atoms with Crippen molar-refractivity contribution < 1.29 is 14.1 Å². The molecule has 0 saturated carbocycles. The average Bonchev–Trinajstić information content (AvgIpc) is 3.41. The van der Waals surface area contributed by atoms with E-state index in [2.05, 4.69) is 30.7 Å². The number of pyridine rings is 1. The van der Waals surface area contributed by atoms with E-state index in [1.807, 2.05) is 49.4 Å². The van der Waals surface area contributed by atoms with Crippen molar-refractivity contribution in [3.05, 3.63) is 95.6 Å². The van der Waals surface area contributed by atoms with Crippen LogP contribution in [0.15, 0.2) is 77.6 Å². The van der Waals surface area contributed by atoms with Crippen molar-refractivity contribution >= 4 is 17.5 Å². The molecule has 2 aromatic carbocycles. The van der Waals surface area contributed by atoms with Gasteiger partial charge in [-0.15, -0.1) is 0 Å². The summed E-state index contributed by atoms with van der Waals surface area (Å²) in [5, 5.41) is 10.00. The second-order valence-electron chi connectivity index (χ2n) is 9.53. The van der Waals surface area contributed by atoms with Gasteiger partial charge < -0.3 is 15.2 Å². The van der Waals surface area contributed by atoms with Gasteiger partial charge in [0, 0.05) is 31.0 Å². The smallest absolute Gasteiger partial charge is 0.253 e. The van der Waals surface area contributed by atoms with Crippen LogP contribution >= 0.6 is 0 Å². The lowest BCUT2D eigenvalue weighted by molar-refractivity contribution is -0.121. The molecule has 9 heteroatoms. The van der Waals surface area contributed by atoms with Gasteiger partial charge in [-0.25, -0.2) is 0 Å². The molecule has 2 amide bonds. The molecule has 1 saturated heterocycles. The van der Waals surface area contributed by atoms with Crippen LogP contribution in [0.1, 0.15) is 40.2 Å². The molecule has 1 aliphatic heterocycles. The summed E-state index contributed by atoms with van der Waals surface area (Å²) in [6.07, 6.45) is 5.05. The molecule has 1 atom stereocenters. The summed E-state index contributed by atoms with van der Waals surface area (Å²) >= 11 is 0. The van der Waals surface area contributed by atoms with E-state index in [4.69, 9.17) is 4.52 Å². The fourth-order valence-electron chi connectivity index (χ4n) is 4.55. The monoisotopic (exact) mass is 510 g/mol. The van der Waals surface area contributed by atoms with Gasteiger partial charge in [-0.1, -0.05) is 53.2 Å². The molecule has 2 N–H and O–H groups in total. The molecular weight excluding hydrogens is 480 g/mol. The molecule has 0 bridgehead atoms. The third-order valence-electron chi connectivity index (χ3n) is 6.62. The number of carbonyl (C=O) groups is 2. The van der Waals surface area contributed by atoms with Crippen LogP contribution < -0.4 is 10.6 Å². The highest BCUT2D eigenvalue weighted by Gasteiger charge is 2.28. The van der Waals surface area contributed by atoms with Gasteiger partial charge in [0.15, 0.2) is 0 Å². The Morgan fingerprint density at radius 2 is 1.92 bits per heavy atom. The van der Waals surface area contributed by atoms with Crippen molar-refractivity contribution in [3.63, 3.8) is 0 Å². The van der Waals surface area contributed by atoms with E-state index in [9.17, 15) is 9.59 Å². The van der Waals surface area contributed by atoms with Gasteiger partial charge in [-0.2, -0.15) is 4.98 Å². The van der Waals surface area contributed by atoms with E-state index in [1.165, 1.54) is 5.56 Å². The summed E-state index contributed by atoms with van der Waals surface area (Å²) in [6.45, 7) is 4.29. The maximum absolute atomic E-state index is 13.2. The summed E-state index contributed by atoms with van der Waals surface area (Å²) in [5.74, 6) is 0.514. The van der Waals surface area contributed by atoms with Gasteiger partial charge >= 0.3 is 0 Å². The van der Waals surface area contributed by atoms with E-state index in [0.29, 0.717) is 42.6 Å². The molecule has 0 radical (unpaired) electrons. The summed E-state index contributed by atoms with van der Waals surface area (Å²) < 4.78 is 5.49. The normalized spacial score (nSPS) is 15.7. The van der Waals surface area contributed by atoms with Crippen molar-refractivity contribution in [1.29, 1.82) is 0 Å². The molecule has 9 nitrogen and oxygen atoms in total. The number of nitrogens with one attached hydrogen (secondary N) is 2. The lowest BCUT2D eigenvalue weighted by Crippen LogP contribution is -2.40. The summed E-state index contributed by atoms with van der Waals surface area (Å²) in [6, 6.07) is 18.8. The molecule has 194 valence electrons. The van der Waals surface area contributed by atoms with Gasteiger partial charge in [-0.3, -0.25) is 19.5 Å². The molecule has 38 heavy (non-hydrogen) atoms. The molecule has 1 aliphatic rings. The van der Waals surface area contributed by atoms with E-state index in [-0.39, 0.29) is 17.7 Å². The van der Waals surface area contributed by atoms with Crippen molar-refractivity contribution in [2.45, 2.75) is 32.9 Å². The topological polar surface area (TPSA) is 113 Å². The fraction of sp³-hybridized carbons (Fsp3) is 0.276. The quantitative estimate of drug-likeness (QED) is 0.365. The zero-order valence-electron chi connectivity index (χ0n) is 21.3. The lowest BCUT2D eigenvalue weighted by Gasteiger charge is -2.31. The van der Waals surface area contributed by atoms with E-state index in [0.717, 1.165) is 30.5 Å². The molecular formula is C29H30N6O3. The van der Waals surface area contributed by atoms with E-state index < -0.39 is 0 Å². The Labute approximate surface area is 221 Å². The first-order valence-electron chi connectivity index (χ1n) is 12.7. The number of nitrogens with zero attached hydrogens (tertiary/aromatic N) is 4. The van der Waals surface area contributed by atoms with E-state index in [1.54, 1.807) is 30.6 Å². The number of rotatable bonds is 8. The molecule has 2 aromatic heterocycles. The minimum atomic E-state index is -0.254. The van der Waals surface area contributed by atoms with E-state index >= 15 is 0 Å². The number of para-hydroxylation sites is 1. The van der Waals surface area contributed by atoms with Gasteiger partial charge in [0.2, 0.25) is 17.6 Å². The molecule has 0 spiro atoms. The zero-order chi connectivity index (χ0) is 26.3. The van der Waals surface area contributed by atoms with Crippen LogP contribution in [0, 0.1) is 12.8 Å². The van der Waals surface area contributed by atoms with Crippen LogP contribution in [-0.4, -0.2) is 44.9 Å². The van der Waals surface area contributed by atoms with Crippen LogP contribution in [0.25, 0.3) is 11.4 Å². The van der Waals surface area contributed by atoms with Gasteiger partial charge in [-0.05, 0) is 50.1 Å². The highest BCUT2D eigenvalue weighted by molar-refractivity contribution is 6.04. The highest BCUT2D eigenvalue weighted by Crippen LogP contribution is 2.23. The standard InChI is InChI=1S/C29H30N6O3/c1-20-10-12-22(13-11-20)27-33-26(38-34-27)19-35-15-5-7-23(18-35)28(36)32-25-9-3-2-8-24(25)29(37)31-17-21-6-4-14-30-16-21/h2-4,6,8-14,16,23H,5,7,15,17-19H2,1H3,(H,31,37)(H,32,36). The van der Waals surface area contributed by atoms with Gasteiger partial charge in [0.05, 0.1) is 23.7 Å². The maximum Gasteiger partial charge on any atom is 0.253 e. The minimum Gasteiger partial charge on any atom is -0.348 e. The Hall–Kier alpha value is -4.37. The summed E-state index contributed by atoms with van der Waals surface area (Å²) in [4.78, 5) is 36.8. The van der Waals surface area contributed by atoms with Crippen molar-refractivity contribution in [2.75, 3.05) is 18.4 Å². The Bertz CT molecular complexity index is 1390. The van der Waals surface area contributed by atoms with Crippen molar-refractivity contribution in [3.8, 4) is 11.4 Å². The maximum atomic E-state index is 13.2. The summed E-state index contributed by atoms with van der Waals surface area (Å²) in [5.41, 5.74) is 3.90. The molecule has 1 fully saturated rings. The SMILES string of the molecule is Cc1ccc(-c2noc(CN3CCCC(C(=O)Nc4ccccc4C(=O)NCc4cccnc4)C3)n2)cc1. The molecule has 3 heterocycles. The molecule has 5 rings (SSSR count). The number of hydrogen-bond acceptors (Lipinski definition) is 7. The third kappa shape index (κ3) is 6.30. The van der Waals surface area contributed by atoms with Crippen LogP contribution in [-0.2, 0) is 17.9 Å². The third-order valence-corrected chi connectivity index (χ3v) is 6.62.